The van der Waals surface area contributed by atoms with Crippen molar-refractivity contribution in [1.82, 2.24) is 0 Å². The lowest BCUT2D eigenvalue weighted by Gasteiger charge is -2.50. The zero-order chi connectivity index (χ0) is 61.0. The standard InChI is InChI=1S/C47H62Cl3NO30/c1-16-31(78-43-38(72-25(10)60)34(69-22(7)57)30(76-43)15-65-19(4)54)35(79-44-40(74-27(12)62)36(70-23(8)58)32(67-20(5)55)28(75-44)13-63-17(2)52)39(73-26(11)61)42(66-16)80-41-37(71-24(9)59)33(68-21(6)56)29(14-64-18(3)53)77-45(41)81-46(51)47(48,49)50/h16,28-45,51H,13-15H2,1-12H3/t16-,28+,29+,30-,31-,32+,33+,34-,35+,36-,37-,38+,39+,40+,41+,42-,43-,44-,45+/m0/s1. The highest BCUT2D eigenvalue weighted by molar-refractivity contribution is 6.76. The van der Waals surface area contributed by atoms with Gasteiger partial charge >= 0.3 is 65.7 Å². The molecule has 19 atom stereocenters. The van der Waals surface area contributed by atoms with Crippen molar-refractivity contribution in [2.24, 2.45) is 0 Å². The maximum absolute atomic E-state index is 13.5. The van der Waals surface area contributed by atoms with Crippen LogP contribution in [0, 0.1) is 5.41 Å². The Kier molecular flexibility index (Phi) is 25.1. The number of rotatable bonds is 21. The first-order valence-corrected chi connectivity index (χ1v) is 25.5. The molecule has 4 aliphatic rings. The van der Waals surface area contributed by atoms with E-state index in [1.54, 1.807) is 0 Å². The predicted molar refractivity (Wildman–Crippen MR) is 258 cm³/mol. The molecule has 31 nitrogen and oxygen atoms in total. The van der Waals surface area contributed by atoms with Crippen LogP contribution in [-0.2, 0) is 143 Å². The van der Waals surface area contributed by atoms with E-state index in [1.807, 2.05) is 0 Å². The van der Waals surface area contributed by atoms with Crippen LogP contribution in [-0.4, -0.2) is 212 Å². The normalized spacial score (nSPS) is 32.7. The summed E-state index contributed by atoms with van der Waals surface area (Å²) >= 11 is 18.0. The summed E-state index contributed by atoms with van der Waals surface area (Å²) < 4.78 is 108. The van der Waals surface area contributed by atoms with Gasteiger partial charge in [0, 0.05) is 76.2 Å². The molecule has 0 aliphatic carbocycles. The zero-order valence-electron chi connectivity index (χ0n) is 45.5. The van der Waals surface area contributed by atoms with E-state index in [9.17, 15) is 52.7 Å². The van der Waals surface area contributed by atoms with Gasteiger partial charge in [-0.15, -0.1) is 0 Å². The lowest BCUT2D eigenvalue weighted by atomic mass is 9.95. The molecule has 0 saturated carbocycles. The Labute approximate surface area is 476 Å². The molecule has 81 heavy (non-hydrogen) atoms. The molecule has 4 heterocycles. The quantitative estimate of drug-likeness (QED) is 0.0539. The Balaban J connectivity index is 2.05. The third-order valence-electron chi connectivity index (χ3n) is 11.3. The summed E-state index contributed by atoms with van der Waals surface area (Å²) in [7, 11) is 0. The minimum atomic E-state index is -2.65. The molecule has 4 rings (SSSR count). The average Bonchev–Trinajstić information content (AvgIpc) is 3.74. The number of ether oxygens (including phenoxy) is 19. The number of carbonyl (C=O) groups excluding carboxylic acids is 11. The highest BCUT2D eigenvalue weighted by Crippen LogP contribution is 2.41. The molecule has 4 aliphatic heterocycles. The highest BCUT2D eigenvalue weighted by atomic mass is 35.6. The van der Waals surface area contributed by atoms with E-state index < -0.39 is 212 Å². The number of halogens is 3. The van der Waals surface area contributed by atoms with Gasteiger partial charge in [0.2, 0.25) is 12.2 Å². The van der Waals surface area contributed by atoms with Crippen LogP contribution in [0.5, 0.6) is 0 Å². The van der Waals surface area contributed by atoms with Crippen LogP contribution >= 0.6 is 34.8 Å². The molecule has 0 aromatic carbocycles. The summed E-state index contributed by atoms with van der Waals surface area (Å²) in [5, 5.41) is 8.48. The topological polar surface area (TPSA) is 387 Å². The SMILES string of the molecule is CC(=O)OC[C@@H]1O[C@@H](O[C@@H]2[C@@H](O[C@@H]3O[C@H](COC(C)=O)[C@@H](OC(C)=O)[C@H](OC(C)=O)[C@H]3OC(C)=O)[C@@H](OC(C)=O)[C@H](O[C@H]3[C@@H](OC(=N)C(Cl)(Cl)Cl)O[C@H](COC(C)=O)[C@@H](OC(C)=O)[C@@H]3OC(C)=O)O[C@H]2C)[C@H](OC(C)=O)[C@H]1OC(C)=O. The van der Waals surface area contributed by atoms with Crippen LogP contribution in [0.15, 0.2) is 0 Å². The largest absolute Gasteiger partial charge is 0.463 e. The number of hydrogen-bond donors (Lipinski definition) is 1. The van der Waals surface area contributed by atoms with Crippen molar-refractivity contribution in [2.45, 2.75) is 204 Å². The van der Waals surface area contributed by atoms with Gasteiger partial charge in [-0.3, -0.25) is 58.1 Å². The fourth-order valence-corrected chi connectivity index (χ4v) is 8.72. The minimum Gasteiger partial charge on any atom is -0.463 e. The molecule has 0 unspecified atom stereocenters. The average molecular weight is 1230 g/mol. The van der Waals surface area contributed by atoms with E-state index in [4.69, 9.17) is 130 Å². The smallest absolute Gasteiger partial charge is 0.303 e. The second kappa shape index (κ2) is 30.0. The molecular formula is C47H62Cl3NO30. The molecule has 456 valence electrons. The Hall–Kier alpha value is -5.77. The fourth-order valence-electron chi connectivity index (χ4n) is 8.58. The van der Waals surface area contributed by atoms with Crippen LogP contribution in [0.3, 0.4) is 0 Å². The summed E-state index contributed by atoms with van der Waals surface area (Å²) in [6, 6.07) is 0. The zero-order valence-corrected chi connectivity index (χ0v) is 47.7. The van der Waals surface area contributed by atoms with E-state index >= 15 is 0 Å². The first kappa shape index (κ1) is 67.7. The van der Waals surface area contributed by atoms with Gasteiger partial charge < -0.3 is 90.0 Å². The summed E-state index contributed by atoms with van der Waals surface area (Å²) in [6.07, 6.45) is -35.4. The van der Waals surface area contributed by atoms with Crippen LogP contribution in [0.1, 0.15) is 83.1 Å². The van der Waals surface area contributed by atoms with Gasteiger partial charge in [0.15, 0.2) is 73.8 Å². The van der Waals surface area contributed by atoms with Gasteiger partial charge in [-0.25, -0.2) is 0 Å². The number of hydrogen-bond acceptors (Lipinski definition) is 31. The van der Waals surface area contributed by atoms with Crippen molar-refractivity contribution >= 4 is 106 Å². The molecule has 0 radical (unpaired) electrons. The van der Waals surface area contributed by atoms with Crippen molar-refractivity contribution in [3.8, 4) is 0 Å². The number of esters is 11. The van der Waals surface area contributed by atoms with E-state index in [2.05, 4.69) is 0 Å². The lowest BCUT2D eigenvalue weighted by molar-refractivity contribution is -0.389. The van der Waals surface area contributed by atoms with Crippen molar-refractivity contribution < 1.29 is 143 Å². The first-order valence-electron chi connectivity index (χ1n) is 24.4. The predicted octanol–water partition coefficient (Wildman–Crippen LogP) is 0.568. The first-order chi connectivity index (χ1) is 37.7. The molecule has 0 amide bonds. The molecule has 0 aromatic rings. The maximum atomic E-state index is 13.5. The molecule has 0 aromatic heterocycles. The Morgan fingerprint density at radius 1 is 0.333 bits per heavy atom. The molecule has 4 saturated heterocycles. The third-order valence-corrected chi connectivity index (χ3v) is 11.8. The van der Waals surface area contributed by atoms with Crippen molar-refractivity contribution in [3.63, 3.8) is 0 Å². The van der Waals surface area contributed by atoms with Crippen molar-refractivity contribution in [3.05, 3.63) is 0 Å². The monoisotopic (exact) mass is 1230 g/mol. The lowest BCUT2D eigenvalue weighted by Crippen LogP contribution is -2.68. The Bertz CT molecular complexity index is 2330. The van der Waals surface area contributed by atoms with Gasteiger partial charge in [-0.1, -0.05) is 34.8 Å². The highest BCUT2D eigenvalue weighted by Gasteiger charge is 2.61. The molecule has 0 bridgehead atoms. The molecule has 0 spiro atoms. The molecule has 4 fully saturated rings. The number of alkyl halides is 3. The molecular weight excluding hydrogens is 1160 g/mol. The van der Waals surface area contributed by atoms with Crippen LogP contribution in [0.2, 0.25) is 0 Å². The van der Waals surface area contributed by atoms with E-state index in [1.165, 1.54) is 6.92 Å². The molecule has 1 N–H and O–H groups in total. The van der Waals surface area contributed by atoms with E-state index in [0.717, 1.165) is 76.2 Å². The minimum absolute atomic E-state index is 0.625. The van der Waals surface area contributed by atoms with Crippen LogP contribution in [0.25, 0.3) is 0 Å². The fraction of sp³-hybridized carbons (Fsp3) is 0.745. The molecule has 34 heteroatoms. The van der Waals surface area contributed by atoms with Crippen molar-refractivity contribution in [2.75, 3.05) is 19.8 Å². The Morgan fingerprint density at radius 2 is 0.593 bits per heavy atom. The van der Waals surface area contributed by atoms with Gasteiger partial charge in [0.05, 0.1) is 6.10 Å². The second-order valence-electron chi connectivity index (χ2n) is 18.1. The summed E-state index contributed by atoms with van der Waals surface area (Å²) in [5.41, 5.74) is 0. The number of carbonyl (C=O) groups is 11. The maximum Gasteiger partial charge on any atom is 0.303 e. The summed E-state index contributed by atoms with van der Waals surface area (Å²) in [4.78, 5) is 139. The number of nitrogens with one attached hydrogen (secondary N) is 1. The van der Waals surface area contributed by atoms with Gasteiger partial charge in [-0.05, 0) is 6.92 Å². The summed E-state index contributed by atoms with van der Waals surface area (Å²) in [5.74, 6) is -12.0. The Morgan fingerprint density at radius 3 is 0.938 bits per heavy atom. The van der Waals surface area contributed by atoms with E-state index in [-0.39, 0.29) is 0 Å². The third kappa shape index (κ3) is 20.0. The second-order valence-corrected chi connectivity index (χ2v) is 20.4. The van der Waals surface area contributed by atoms with Gasteiger partial charge in [-0.2, -0.15) is 0 Å². The summed E-state index contributed by atoms with van der Waals surface area (Å²) in [6.45, 7) is 9.85. The van der Waals surface area contributed by atoms with Gasteiger partial charge in [0.25, 0.3) is 3.79 Å². The van der Waals surface area contributed by atoms with Crippen LogP contribution in [0.4, 0.5) is 0 Å². The van der Waals surface area contributed by atoms with Crippen LogP contribution < -0.4 is 0 Å². The van der Waals surface area contributed by atoms with Gasteiger partial charge in [0.1, 0.15) is 50.3 Å². The van der Waals surface area contributed by atoms with Crippen molar-refractivity contribution in [1.29, 1.82) is 5.41 Å². The van der Waals surface area contributed by atoms with E-state index in [0.29, 0.717) is 0 Å².